The lowest BCUT2D eigenvalue weighted by Crippen LogP contribution is -2.60. The van der Waals surface area contributed by atoms with E-state index in [1.165, 1.54) is 87.5 Å². The van der Waals surface area contributed by atoms with Crippen molar-refractivity contribution in [1.29, 1.82) is 0 Å². The molecule has 0 bridgehead atoms. The predicted molar refractivity (Wildman–Crippen MR) is 277 cm³/mol. The molecule has 3 nitrogen and oxygen atoms in total. The fourth-order valence-electron chi connectivity index (χ4n) is 11.1. The van der Waals surface area contributed by atoms with Crippen LogP contribution in [0, 0.1) is 0 Å². The van der Waals surface area contributed by atoms with Crippen LogP contribution in [0.15, 0.2) is 138 Å². The van der Waals surface area contributed by atoms with Crippen LogP contribution in [0.1, 0.15) is 104 Å². The Balaban J connectivity index is 1.24. The zero-order valence-corrected chi connectivity index (χ0v) is 39.8. The number of para-hydroxylation sites is 1. The summed E-state index contributed by atoms with van der Waals surface area (Å²) in [7, 11) is 0. The first-order valence-corrected chi connectivity index (χ1v) is 23.9. The number of furan rings is 1. The molecule has 0 N–H and O–H groups in total. The lowest BCUT2D eigenvalue weighted by Gasteiger charge is -2.43. The van der Waals surface area contributed by atoms with Gasteiger partial charge in [-0.25, -0.2) is 0 Å². The summed E-state index contributed by atoms with van der Waals surface area (Å²) in [6, 6.07) is 51.2. The molecule has 0 radical (unpaired) electrons. The van der Waals surface area contributed by atoms with E-state index in [1.807, 2.05) is 11.3 Å². The molecule has 3 aliphatic rings. The summed E-state index contributed by atoms with van der Waals surface area (Å²) in [6.45, 7) is 25.6. The van der Waals surface area contributed by atoms with Crippen molar-refractivity contribution < 1.29 is 4.42 Å². The van der Waals surface area contributed by atoms with Crippen LogP contribution in [0.4, 0.5) is 34.1 Å². The van der Waals surface area contributed by atoms with Crippen molar-refractivity contribution in [3.63, 3.8) is 0 Å². The van der Waals surface area contributed by atoms with Gasteiger partial charge in [-0.05, 0) is 121 Å². The standard InChI is InChI=1S/C59H55BN2OS/c1-56(2,3)34-20-25-37(26-21-34)61-47-29-24-36(58(7,8)9)30-46(47)60-51-48(32-42-40-17-13-15-19-49(40)63-54(42)53(51)61)62(38-27-22-35(23-28-38)57(4,5)6)52-43-31-41-39-16-12-14-18-44(39)59(10,11)45(41)33-50(43)64-55(52)60/h12-33H,1-11H3. The Hall–Kier alpha value is -6.04. The van der Waals surface area contributed by atoms with Gasteiger partial charge in [0.05, 0.1) is 11.4 Å². The van der Waals surface area contributed by atoms with E-state index >= 15 is 0 Å². The summed E-state index contributed by atoms with van der Waals surface area (Å²) in [5.74, 6) is 0. The smallest absolute Gasteiger partial charge is 0.264 e. The molecule has 2 aromatic heterocycles. The molecule has 12 rings (SSSR count). The number of benzene rings is 7. The van der Waals surface area contributed by atoms with Crippen molar-refractivity contribution >= 4 is 99.9 Å². The van der Waals surface area contributed by atoms with Gasteiger partial charge in [-0.1, -0.05) is 155 Å². The highest BCUT2D eigenvalue weighted by Crippen LogP contribution is 2.55. The van der Waals surface area contributed by atoms with Crippen LogP contribution in [0.25, 0.3) is 43.2 Å². The van der Waals surface area contributed by atoms with Crippen LogP contribution in [0.2, 0.25) is 0 Å². The molecular formula is C59H55BN2OS. The minimum Gasteiger partial charge on any atom is -0.454 e. The van der Waals surface area contributed by atoms with Gasteiger partial charge in [0.25, 0.3) is 6.71 Å². The SMILES string of the molecule is CC(C)(C)c1ccc(N2c3cc4c(oc5ccccc54)c4c3B(c3cc(C(C)(C)C)ccc3N4c3ccc(C(C)(C)C)cc3)c3sc4cc5c(cc4c32)-c2ccccc2C5(C)C)cc1. The minimum atomic E-state index is -0.100. The monoisotopic (exact) mass is 850 g/mol. The zero-order valence-electron chi connectivity index (χ0n) is 39.0. The number of hydrogen-bond donors (Lipinski definition) is 0. The quantitative estimate of drug-likeness (QED) is 0.162. The van der Waals surface area contributed by atoms with E-state index < -0.39 is 0 Å². The zero-order chi connectivity index (χ0) is 44.4. The Morgan fingerprint density at radius 2 is 1.11 bits per heavy atom. The highest BCUT2D eigenvalue weighted by atomic mass is 32.1. The summed E-state index contributed by atoms with van der Waals surface area (Å²) in [5, 5.41) is 3.57. The van der Waals surface area contributed by atoms with Crippen LogP contribution in [-0.4, -0.2) is 6.71 Å². The molecule has 0 unspecified atom stereocenters. The summed E-state index contributed by atoms with van der Waals surface area (Å²) < 4.78 is 9.85. The van der Waals surface area contributed by atoms with Gasteiger partial charge in [-0.15, -0.1) is 11.3 Å². The summed E-state index contributed by atoms with van der Waals surface area (Å²) >= 11 is 1.99. The third-order valence-electron chi connectivity index (χ3n) is 14.7. The molecule has 2 aliphatic heterocycles. The summed E-state index contributed by atoms with van der Waals surface area (Å²) in [4.78, 5) is 5.15. The number of anilines is 6. The van der Waals surface area contributed by atoms with Gasteiger partial charge < -0.3 is 14.2 Å². The third-order valence-corrected chi connectivity index (χ3v) is 15.9. The molecule has 0 spiro atoms. The molecular weight excluding hydrogens is 796 g/mol. The van der Waals surface area contributed by atoms with Gasteiger partial charge >= 0.3 is 0 Å². The van der Waals surface area contributed by atoms with E-state index in [2.05, 4.69) is 219 Å². The maximum Gasteiger partial charge on any atom is 0.264 e. The number of rotatable bonds is 2. The van der Waals surface area contributed by atoms with Gasteiger partial charge in [-0.3, -0.25) is 0 Å². The van der Waals surface area contributed by atoms with E-state index in [1.54, 1.807) is 0 Å². The molecule has 0 atom stereocenters. The van der Waals surface area contributed by atoms with E-state index in [4.69, 9.17) is 4.42 Å². The normalized spacial score (nSPS) is 15.1. The van der Waals surface area contributed by atoms with Crippen molar-refractivity contribution in [2.75, 3.05) is 9.80 Å². The first kappa shape index (κ1) is 39.5. The van der Waals surface area contributed by atoms with Crippen molar-refractivity contribution in [1.82, 2.24) is 0 Å². The van der Waals surface area contributed by atoms with Crippen molar-refractivity contribution in [3.05, 3.63) is 161 Å². The molecule has 316 valence electrons. The number of thiophene rings is 1. The summed E-state index contributed by atoms with van der Waals surface area (Å²) in [5.41, 5.74) is 21.0. The van der Waals surface area contributed by atoms with E-state index in [9.17, 15) is 0 Å². The predicted octanol–water partition coefficient (Wildman–Crippen LogP) is 15.1. The molecule has 5 heteroatoms. The molecule has 9 aromatic rings. The third kappa shape index (κ3) is 5.52. The van der Waals surface area contributed by atoms with E-state index in [0.29, 0.717) is 0 Å². The Bertz CT molecular complexity index is 3420. The van der Waals surface area contributed by atoms with Crippen LogP contribution >= 0.6 is 11.3 Å². The number of hydrogen-bond acceptors (Lipinski definition) is 4. The topological polar surface area (TPSA) is 19.6 Å². The molecule has 0 amide bonds. The fraction of sp³-hybridized carbons (Fsp3) is 0.254. The fourth-order valence-corrected chi connectivity index (χ4v) is 12.5. The second-order valence-corrected chi connectivity index (χ2v) is 23.3. The first-order valence-electron chi connectivity index (χ1n) is 23.0. The summed E-state index contributed by atoms with van der Waals surface area (Å²) in [6.07, 6.45) is 0. The van der Waals surface area contributed by atoms with Gasteiger partial charge in [0.1, 0.15) is 5.58 Å². The Morgan fingerprint density at radius 1 is 0.516 bits per heavy atom. The van der Waals surface area contributed by atoms with Crippen molar-refractivity contribution in [2.45, 2.75) is 97.8 Å². The molecule has 0 fully saturated rings. The van der Waals surface area contributed by atoms with Crippen molar-refractivity contribution in [3.8, 4) is 11.1 Å². The average Bonchev–Trinajstić information content (AvgIpc) is 3.89. The molecule has 0 saturated carbocycles. The van der Waals surface area contributed by atoms with Crippen LogP contribution in [0.5, 0.6) is 0 Å². The lowest BCUT2D eigenvalue weighted by atomic mass is 9.36. The Morgan fingerprint density at radius 3 is 1.77 bits per heavy atom. The van der Waals surface area contributed by atoms with Gasteiger partial charge in [-0.2, -0.15) is 0 Å². The maximum absolute atomic E-state index is 7.14. The van der Waals surface area contributed by atoms with Crippen molar-refractivity contribution in [2.24, 2.45) is 0 Å². The average molecular weight is 851 g/mol. The van der Waals surface area contributed by atoms with Crippen LogP contribution in [-0.2, 0) is 21.7 Å². The first-order chi connectivity index (χ1) is 30.4. The number of nitrogens with zero attached hydrogens (tertiary/aromatic N) is 2. The highest BCUT2D eigenvalue weighted by molar-refractivity contribution is 7.33. The molecule has 0 saturated heterocycles. The van der Waals surface area contributed by atoms with Crippen LogP contribution < -0.4 is 25.5 Å². The highest BCUT2D eigenvalue weighted by Gasteiger charge is 2.48. The lowest BCUT2D eigenvalue weighted by molar-refractivity contribution is 0.590. The molecule has 4 heterocycles. The van der Waals surface area contributed by atoms with Gasteiger partial charge in [0.2, 0.25) is 0 Å². The Kier molecular flexibility index (Phi) is 8.06. The Labute approximate surface area is 382 Å². The van der Waals surface area contributed by atoms with Gasteiger partial charge in [0.15, 0.2) is 5.58 Å². The maximum atomic E-state index is 7.14. The number of fused-ring (bicyclic) bond motifs is 13. The molecule has 1 aliphatic carbocycles. The van der Waals surface area contributed by atoms with E-state index in [-0.39, 0.29) is 28.4 Å². The molecule has 64 heavy (non-hydrogen) atoms. The second kappa shape index (κ2) is 13.0. The minimum absolute atomic E-state index is 0.0256. The van der Waals surface area contributed by atoms with Gasteiger partial charge in [0, 0.05) is 53.8 Å². The largest absolute Gasteiger partial charge is 0.454 e. The van der Waals surface area contributed by atoms with E-state index in [0.717, 1.165) is 33.3 Å². The molecule has 7 aromatic carbocycles. The second-order valence-electron chi connectivity index (χ2n) is 22.2. The van der Waals surface area contributed by atoms with Crippen LogP contribution in [0.3, 0.4) is 0 Å².